The lowest BCUT2D eigenvalue weighted by molar-refractivity contribution is 0.195. The standard InChI is InChI=1S/C12H24N2O6P2S/c1-5-17-21(15,18-6-2)12(9-11-10-13-23-14-11)22(16,19-7-3)20-8-4/h10,12H,5-9H2,1-4H3. The summed E-state index contributed by atoms with van der Waals surface area (Å²) in [5.74, 6) is 0. The van der Waals surface area contributed by atoms with Crippen LogP contribution in [0.15, 0.2) is 6.20 Å². The van der Waals surface area contributed by atoms with E-state index in [0.717, 1.165) is 11.7 Å². The summed E-state index contributed by atoms with van der Waals surface area (Å²) in [6, 6.07) is 0. The van der Waals surface area contributed by atoms with Crippen molar-refractivity contribution >= 4 is 26.9 Å². The second-order valence-corrected chi connectivity index (χ2v) is 9.74. The van der Waals surface area contributed by atoms with Gasteiger partial charge in [0, 0.05) is 6.42 Å². The lowest BCUT2D eigenvalue weighted by Crippen LogP contribution is -2.20. The van der Waals surface area contributed by atoms with Crippen molar-refractivity contribution in [2.45, 2.75) is 39.5 Å². The van der Waals surface area contributed by atoms with Gasteiger partial charge in [0.05, 0.1) is 50.0 Å². The van der Waals surface area contributed by atoms with Crippen LogP contribution < -0.4 is 0 Å². The first-order chi connectivity index (χ1) is 11.0. The monoisotopic (exact) mass is 386 g/mol. The summed E-state index contributed by atoms with van der Waals surface area (Å²) in [6.07, 6.45) is 1.60. The summed E-state index contributed by atoms with van der Waals surface area (Å²) in [5.41, 5.74) is 0.541. The molecule has 0 aromatic carbocycles. The first-order valence-corrected chi connectivity index (χ1v) is 11.4. The van der Waals surface area contributed by atoms with Crippen LogP contribution in [0.4, 0.5) is 0 Å². The van der Waals surface area contributed by atoms with E-state index in [1.165, 1.54) is 6.20 Å². The fourth-order valence-corrected chi connectivity index (χ4v) is 7.72. The van der Waals surface area contributed by atoms with Gasteiger partial charge in [-0.15, -0.1) is 0 Å². The molecule has 1 aromatic heterocycles. The number of rotatable bonds is 12. The Bertz CT molecular complexity index is 492. The number of hydrogen-bond donors (Lipinski definition) is 0. The molecular formula is C12H24N2O6P2S. The van der Waals surface area contributed by atoms with Crippen molar-refractivity contribution in [3.05, 3.63) is 11.9 Å². The molecule has 8 nitrogen and oxygen atoms in total. The van der Waals surface area contributed by atoms with Crippen LogP contribution in [0.1, 0.15) is 33.4 Å². The Balaban J connectivity index is 3.27. The second kappa shape index (κ2) is 9.99. The van der Waals surface area contributed by atoms with E-state index in [2.05, 4.69) is 8.75 Å². The third-order valence-electron chi connectivity index (χ3n) is 2.76. The highest BCUT2D eigenvalue weighted by Gasteiger charge is 2.51. The zero-order valence-corrected chi connectivity index (χ0v) is 16.4. The van der Waals surface area contributed by atoms with E-state index in [0.29, 0.717) is 5.69 Å². The zero-order valence-electron chi connectivity index (χ0n) is 13.8. The highest BCUT2D eigenvalue weighted by Crippen LogP contribution is 2.71. The van der Waals surface area contributed by atoms with Gasteiger partial charge < -0.3 is 18.1 Å². The van der Waals surface area contributed by atoms with E-state index in [1.54, 1.807) is 27.7 Å². The van der Waals surface area contributed by atoms with E-state index in [-0.39, 0.29) is 32.8 Å². The molecule has 0 saturated heterocycles. The molecule has 0 spiro atoms. The average molecular weight is 386 g/mol. The summed E-state index contributed by atoms with van der Waals surface area (Å²) in [7, 11) is -7.46. The fraction of sp³-hybridized carbons (Fsp3) is 0.833. The van der Waals surface area contributed by atoms with Gasteiger partial charge in [0.25, 0.3) is 0 Å². The minimum absolute atomic E-state index is 0.0745. The van der Waals surface area contributed by atoms with Crippen LogP contribution in [0.2, 0.25) is 0 Å². The Morgan fingerprint density at radius 1 is 0.957 bits per heavy atom. The molecule has 0 fully saturated rings. The minimum Gasteiger partial charge on any atom is -0.308 e. The Hall–Kier alpha value is -0.140. The van der Waals surface area contributed by atoms with E-state index in [1.807, 2.05) is 0 Å². The Kier molecular flexibility index (Phi) is 9.08. The van der Waals surface area contributed by atoms with E-state index < -0.39 is 20.6 Å². The predicted octanol–water partition coefficient (Wildman–Crippen LogP) is 3.94. The number of nitrogens with zero attached hydrogens (tertiary/aromatic N) is 2. The van der Waals surface area contributed by atoms with Crippen LogP contribution in [0, 0.1) is 0 Å². The third kappa shape index (κ3) is 5.71. The Labute approximate surface area is 141 Å². The first kappa shape index (κ1) is 20.9. The molecule has 0 atom stereocenters. The van der Waals surface area contributed by atoms with Gasteiger partial charge in [-0.05, 0) is 27.7 Å². The van der Waals surface area contributed by atoms with Gasteiger partial charge >= 0.3 is 15.2 Å². The molecule has 0 saturated carbocycles. The van der Waals surface area contributed by atoms with Gasteiger partial charge in [-0.25, -0.2) is 0 Å². The van der Waals surface area contributed by atoms with Crippen LogP contribution in [-0.4, -0.2) is 40.6 Å². The second-order valence-electron chi connectivity index (χ2n) is 4.33. The van der Waals surface area contributed by atoms with Gasteiger partial charge in [0.15, 0.2) is 5.40 Å². The van der Waals surface area contributed by atoms with Gasteiger partial charge in [0.1, 0.15) is 0 Å². The highest BCUT2D eigenvalue weighted by atomic mass is 32.1. The maximum atomic E-state index is 13.2. The summed E-state index contributed by atoms with van der Waals surface area (Å²) < 4.78 is 55.9. The molecule has 1 aromatic rings. The van der Waals surface area contributed by atoms with Crippen molar-refractivity contribution in [3.63, 3.8) is 0 Å². The molecule has 0 bridgehead atoms. The van der Waals surface area contributed by atoms with E-state index >= 15 is 0 Å². The van der Waals surface area contributed by atoms with E-state index in [4.69, 9.17) is 18.1 Å². The highest BCUT2D eigenvalue weighted by molar-refractivity contribution is 7.72. The number of aromatic nitrogens is 2. The Morgan fingerprint density at radius 3 is 1.70 bits per heavy atom. The molecule has 0 aliphatic heterocycles. The molecule has 11 heteroatoms. The summed E-state index contributed by atoms with van der Waals surface area (Å²) in [6.45, 7) is 7.39. The third-order valence-corrected chi connectivity index (χ3v) is 9.28. The lowest BCUT2D eigenvalue weighted by atomic mass is 10.4. The van der Waals surface area contributed by atoms with Crippen LogP contribution in [0.25, 0.3) is 0 Å². The quantitative estimate of drug-likeness (QED) is 0.498. The first-order valence-electron chi connectivity index (χ1n) is 7.49. The topological polar surface area (TPSA) is 96.8 Å². The molecule has 0 aliphatic rings. The smallest absolute Gasteiger partial charge is 0.308 e. The molecule has 0 amide bonds. The van der Waals surface area contributed by atoms with Gasteiger partial charge in [-0.2, -0.15) is 8.75 Å². The van der Waals surface area contributed by atoms with Crippen molar-refractivity contribution in [3.8, 4) is 0 Å². The van der Waals surface area contributed by atoms with Crippen LogP contribution in [0.5, 0.6) is 0 Å². The summed E-state index contributed by atoms with van der Waals surface area (Å²) in [4.78, 5) is 0. The molecular weight excluding hydrogens is 362 g/mol. The molecule has 1 rings (SSSR count). The Morgan fingerprint density at radius 2 is 1.39 bits per heavy atom. The molecule has 0 aliphatic carbocycles. The van der Waals surface area contributed by atoms with Crippen LogP contribution in [0.3, 0.4) is 0 Å². The maximum absolute atomic E-state index is 13.2. The van der Waals surface area contributed by atoms with Crippen molar-refractivity contribution in [2.75, 3.05) is 26.4 Å². The molecule has 23 heavy (non-hydrogen) atoms. The van der Waals surface area contributed by atoms with Crippen molar-refractivity contribution in [1.82, 2.24) is 8.75 Å². The van der Waals surface area contributed by atoms with Gasteiger partial charge in [0.2, 0.25) is 0 Å². The predicted molar refractivity (Wildman–Crippen MR) is 89.1 cm³/mol. The number of hydrogen-bond acceptors (Lipinski definition) is 9. The fourth-order valence-electron chi connectivity index (χ4n) is 2.00. The van der Waals surface area contributed by atoms with Crippen LogP contribution >= 0.6 is 26.9 Å². The minimum atomic E-state index is -3.73. The van der Waals surface area contributed by atoms with Crippen molar-refractivity contribution in [1.29, 1.82) is 0 Å². The van der Waals surface area contributed by atoms with Gasteiger partial charge in [-0.1, -0.05) is 0 Å². The SMILES string of the molecule is CCOP(=O)(OCC)C(Cc1cnsn1)P(=O)(OCC)OCC. The lowest BCUT2D eigenvalue weighted by Gasteiger charge is -2.30. The molecule has 0 radical (unpaired) electrons. The average Bonchev–Trinajstić information content (AvgIpc) is 2.98. The van der Waals surface area contributed by atoms with Crippen LogP contribution in [-0.2, 0) is 33.6 Å². The summed E-state index contributed by atoms with van der Waals surface area (Å²) >= 11 is 1.01. The zero-order chi connectivity index (χ0) is 17.3. The largest absolute Gasteiger partial charge is 0.346 e. The summed E-state index contributed by atoms with van der Waals surface area (Å²) in [5, 5.41) is -1.08. The molecule has 0 N–H and O–H groups in total. The molecule has 0 unspecified atom stereocenters. The van der Waals surface area contributed by atoms with Crippen molar-refractivity contribution < 1.29 is 27.2 Å². The molecule has 134 valence electrons. The van der Waals surface area contributed by atoms with E-state index in [9.17, 15) is 9.13 Å². The van der Waals surface area contributed by atoms with Gasteiger partial charge in [-0.3, -0.25) is 9.13 Å². The molecule has 1 heterocycles. The maximum Gasteiger partial charge on any atom is 0.346 e. The normalized spacial score (nSPS) is 12.9. The van der Waals surface area contributed by atoms with Crippen molar-refractivity contribution in [2.24, 2.45) is 0 Å².